The van der Waals surface area contributed by atoms with Gasteiger partial charge in [0.15, 0.2) is 5.82 Å². The second-order valence-corrected chi connectivity index (χ2v) is 2.89. The number of hydrogen-bond acceptors (Lipinski definition) is 5. The Kier molecular flexibility index (Phi) is 2.13. The zero-order valence-corrected chi connectivity index (χ0v) is 7.80. The van der Waals surface area contributed by atoms with Crippen LogP contribution in [0.1, 0.15) is 13.3 Å². The van der Waals surface area contributed by atoms with Crippen molar-refractivity contribution in [2.45, 2.75) is 19.9 Å². The Hall–Kier alpha value is -1.92. The van der Waals surface area contributed by atoms with Gasteiger partial charge in [-0.2, -0.15) is 4.98 Å². The summed E-state index contributed by atoms with van der Waals surface area (Å²) in [4.78, 5) is 3.98. The molecule has 0 unspecified atom stereocenters. The summed E-state index contributed by atoms with van der Waals surface area (Å²) in [6.45, 7) is 2.93. The van der Waals surface area contributed by atoms with Gasteiger partial charge in [0.1, 0.15) is 6.33 Å². The van der Waals surface area contributed by atoms with Crippen LogP contribution in [0.25, 0.3) is 11.6 Å². The van der Waals surface area contributed by atoms with E-state index in [1.807, 2.05) is 4.57 Å². The summed E-state index contributed by atoms with van der Waals surface area (Å²) in [5, 5.41) is 14.2. The van der Waals surface area contributed by atoms with Crippen LogP contribution in [0.15, 0.2) is 6.33 Å². The summed E-state index contributed by atoms with van der Waals surface area (Å²) < 4.78 is 1.90. The van der Waals surface area contributed by atoms with Crippen LogP contribution in [0.4, 0.5) is 5.95 Å². The Balaban J connectivity index is 2.36. The number of nitrogen functional groups attached to an aromatic ring is 1. The molecule has 0 aromatic carbocycles. The van der Waals surface area contributed by atoms with E-state index < -0.39 is 0 Å². The number of nitrogens with zero attached hydrogens (tertiary/aromatic N) is 5. The van der Waals surface area contributed by atoms with Crippen LogP contribution in [0.5, 0.6) is 0 Å². The van der Waals surface area contributed by atoms with Gasteiger partial charge in [-0.15, -0.1) is 15.3 Å². The number of H-pyrrole nitrogens is 1. The average Bonchev–Trinajstić information content (AvgIpc) is 2.74. The largest absolute Gasteiger partial charge is 0.366 e. The molecule has 2 heterocycles. The van der Waals surface area contributed by atoms with Crippen LogP contribution in [-0.2, 0) is 6.54 Å². The van der Waals surface area contributed by atoms with E-state index in [1.165, 1.54) is 0 Å². The van der Waals surface area contributed by atoms with E-state index in [1.54, 1.807) is 6.33 Å². The van der Waals surface area contributed by atoms with Crippen LogP contribution >= 0.6 is 0 Å². The zero-order valence-electron chi connectivity index (χ0n) is 7.80. The van der Waals surface area contributed by atoms with Gasteiger partial charge in [0.05, 0.1) is 0 Å². The molecule has 0 aliphatic rings. The van der Waals surface area contributed by atoms with E-state index >= 15 is 0 Å². The highest BCUT2D eigenvalue weighted by atomic mass is 15.3. The maximum absolute atomic E-state index is 5.40. The Morgan fingerprint density at radius 2 is 2.43 bits per heavy atom. The number of hydrogen-bond donors (Lipinski definition) is 2. The van der Waals surface area contributed by atoms with Crippen LogP contribution in [-0.4, -0.2) is 29.9 Å². The molecule has 7 nitrogen and oxygen atoms in total. The molecule has 0 fully saturated rings. The van der Waals surface area contributed by atoms with Crippen LogP contribution in [0.3, 0.4) is 0 Å². The highest BCUT2D eigenvalue weighted by Crippen LogP contribution is 2.11. The van der Waals surface area contributed by atoms with Crippen molar-refractivity contribution in [3.8, 4) is 11.6 Å². The molecule has 0 aliphatic heterocycles. The van der Waals surface area contributed by atoms with Gasteiger partial charge in [0, 0.05) is 6.54 Å². The van der Waals surface area contributed by atoms with Crippen molar-refractivity contribution in [2.75, 3.05) is 5.73 Å². The standard InChI is InChI=1S/C7H11N7/c1-2-3-14-4-9-12-6(14)5-10-7(8)13-11-5/h4H,2-3H2,1H3,(H3,8,10,11,13). The van der Waals surface area contributed by atoms with E-state index in [0.717, 1.165) is 13.0 Å². The maximum atomic E-state index is 5.40. The first kappa shape index (κ1) is 8.67. The molecule has 3 N–H and O–H groups in total. The van der Waals surface area contributed by atoms with Crippen molar-refractivity contribution >= 4 is 5.95 Å². The van der Waals surface area contributed by atoms with E-state index in [2.05, 4.69) is 32.3 Å². The molecule has 74 valence electrons. The van der Waals surface area contributed by atoms with E-state index in [0.29, 0.717) is 11.6 Å². The van der Waals surface area contributed by atoms with Crippen molar-refractivity contribution in [1.29, 1.82) is 0 Å². The molecule has 0 bridgehead atoms. The predicted molar refractivity (Wildman–Crippen MR) is 50.1 cm³/mol. The maximum Gasteiger partial charge on any atom is 0.239 e. The number of aromatic amines is 1. The molecular weight excluding hydrogens is 182 g/mol. The van der Waals surface area contributed by atoms with E-state index in [-0.39, 0.29) is 5.95 Å². The second-order valence-electron chi connectivity index (χ2n) is 2.89. The molecule has 0 saturated carbocycles. The van der Waals surface area contributed by atoms with Crippen molar-refractivity contribution in [2.24, 2.45) is 0 Å². The summed E-state index contributed by atoms with van der Waals surface area (Å²) in [6, 6.07) is 0. The Morgan fingerprint density at radius 3 is 3.07 bits per heavy atom. The summed E-state index contributed by atoms with van der Waals surface area (Å²) in [5.74, 6) is 1.43. The van der Waals surface area contributed by atoms with Crippen LogP contribution < -0.4 is 5.73 Å². The first-order valence-corrected chi connectivity index (χ1v) is 4.37. The molecule has 0 radical (unpaired) electrons. The molecule has 0 atom stereocenters. The molecule has 14 heavy (non-hydrogen) atoms. The molecule has 0 aliphatic carbocycles. The highest BCUT2D eigenvalue weighted by Gasteiger charge is 2.10. The second kappa shape index (κ2) is 3.44. The summed E-state index contributed by atoms with van der Waals surface area (Å²) >= 11 is 0. The minimum atomic E-state index is 0.214. The third kappa shape index (κ3) is 1.43. The Labute approximate surface area is 80.4 Å². The minimum absolute atomic E-state index is 0.214. The minimum Gasteiger partial charge on any atom is -0.366 e. The summed E-state index contributed by atoms with van der Waals surface area (Å²) in [7, 11) is 0. The lowest BCUT2D eigenvalue weighted by Crippen LogP contribution is -1.99. The Morgan fingerprint density at radius 1 is 1.57 bits per heavy atom. The fourth-order valence-corrected chi connectivity index (χ4v) is 1.22. The number of nitrogens with two attached hydrogens (primary N) is 1. The third-order valence-electron chi connectivity index (χ3n) is 1.79. The molecular formula is C7H11N7. The fraction of sp³-hybridized carbons (Fsp3) is 0.429. The number of aryl methyl sites for hydroxylation is 1. The van der Waals surface area contributed by atoms with Gasteiger partial charge >= 0.3 is 0 Å². The van der Waals surface area contributed by atoms with Crippen molar-refractivity contribution in [3.05, 3.63) is 6.33 Å². The first-order chi connectivity index (χ1) is 6.81. The van der Waals surface area contributed by atoms with Crippen molar-refractivity contribution in [3.63, 3.8) is 0 Å². The third-order valence-corrected chi connectivity index (χ3v) is 1.79. The monoisotopic (exact) mass is 193 g/mol. The van der Waals surface area contributed by atoms with Gasteiger partial charge < -0.3 is 10.3 Å². The lowest BCUT2D eigenvalue weighted by Gasteiger charge is -2.00. The number of nitrogens with one attached hydrogen (secondary N) is 1. The van der Waals surface area contributed by atoms with Gasteiger partial charge in [0.2, 0.25) is 11.8 Å². The average molecular weight is 193 g/mol. The van der Waals surface area contributed by atoms with Crippen LogP contribution in [0, 0.1) is 0 Å². The van der Waals surface area contributed by atoms with Gasteiger partial charge in [-0.1, -0.05) is 6.92 Å². The topological polar surface area (TPSA) is 98.3 Å². The van der Waals surface area contributed by atoms with Gasteiger partial charge in [-0.05, 0) is 6.42 Å². The van der Waals surface area contributed by atoms with Crippen LogP contribution in [0.2, 0.25) is 0 Å². The SMILES string of the molecule is CCCn1cnnc1-c1nc(N)n[nH]1. The molecule has 0 saturated heterocycles. The Bertz CT molecular complexity index is 415. The van der Waals surface area contributed by atoms with Crippen molar-refractivity contribution in [1.82, 2.24) is 29.9 Å². The smallest absolute Gasteiger partial charge is 0.239 e. The number of rotatable bonds is 3. The summed E-state index contributed by atoms with van der Waals surface area (Å²) in [5.41, 5.74) is 5.40. The van der Waals surface area contributed by atoms with Crippen molar-refractivity contribution < 1.29 is 0 Å². The molecule has 0 spiro atoms. The van der Waals surface area contributed by atoms with Gasteiger partial charge in [-0.25, -0.2) is 0 Å². The van der Waals surface area contributed by atoms with E-state index in [4.69, 9.17) is 5.73 Å². The molecule has 2 aromatic rings. The normalized spacial score (nSPS) is 10.6. The predicted octanol–water partition coefficient (Wildman–Crippen LogP) is 0.0554. The highest BCUT2D eigenvalue weighted by molar-refractivity contribution is 5.44. The zero-order chi connectivity index (χ0) is 9.97. The van der Waals surface area contributed by atoms with Gasteiger partial charge in [-0.3, -0.25) is 5.10 Å². The lowest BCUT2D eigenvalue weighted by molar-refractivity contribution is 0.680. The van der Waals surface area contributed by atoms with Gasteiger partial charge in [0.25, 0.3) is 0 Å². The summed E-state index contributed by atoms with van der Waals surface area (Å²) in [6.07, 6.45) is 2.67. The molecule has 7 heteroatoms. The van der Waals surface area contributed by atoms with E-state index in [9.17, 15) is 0 Å². The first-order valence-electron chi connectivity index (χ1n) is 4.37. The number of anilines is 1. The molecule has 2 rings (SSSR count). The molecule has 2 aromatic heterocycles. The fourth-order valence-electron chi connectivity index (χ4n) is 1.22. The lowest BCUT2D eigenvalue weighted by atomic mass is 10.4. The molecule has 0 amide bonds. The quantitative estimate of drug-likeness (QED) is 0.717. The number of aromatic nitrogens is 6.